The highest BCUT2D eigenvalue weighted by Crippen LogP contribution is 2.32. The maximum atomic E-state index is 12.5. The molecule has 8 heteroatoms. The number of halogens is 1. The van der Waals surface area contributed by atoms with Crippen molar-refractivity contribution in [1.82, 2.24) is 14.4 Å². The summed E-state index contributed by atoms with van der Waals surface area (Å²) in [4.78, 5) is 4.67. The Labute approximate surface area is 150 Å². The van der Waals surface area contributed by atoms with E-state index in [2.05, 4.69) is 10.1 Å². The minimum absolute atomic E-state index is 0.0982. The summed E-state index contributed by atoms with van der Waals surface area (Å²) in [6.45, 7) is 0.656. The molecule has 0 radical (unpaired) electrons. The largest absolute Gasteiger partial charge is 0.339 e. The van der Waals surface area contributed by atoms with Gasteiger partial charge < -0.3 is 4.52 Å². The van der Waals surface area contributed by atoms with E-state index in [1.165, 1.54) is 4.31 Å². The van der Waals surface area contributed by atoms with Crippen molar-refractivity contribution in [1.29, 1.82) is 0 Å². The number of sulfonamides is 1. The molecule has 0 amide bonds. The summed E-state index contributed by atoms with van der Waals surface area (Å²) in [7, 11) is -3.47. The molecule has 2 aromatic carbocycles. The molecule has 0 bridgehead atoms. The van der Waals surface area contributed by atoms with Crippen LogP contribution in [-0.2, 0) is 10.0 Å². The zero-order chi connectivity index (χ0) is 17.4. The van der Waals surface area contributed by atoms with Crippen LogP contribution in [0.25, 0.3) is 11.4 Å². The zero-order valence-electron chi connectivity index (χ0n) is 13.0. The summed E-state index contributed by atoms with van der Waals surface area (Å²) < 4.78 is 31.7. The predicted octanol–water partition coefficient (Wildman–Crippen LogP) is 3.18. The lowest BCUT2D eigenvalue weighted by Gasteiger charge is -2.35. The van der Waals surface area contributed by atoms with Crippen LogP contribution in [0.3, 0.4) is 0 Å². The SMILES string of the molecule is O=S(=O)(c1ccccc1)N1CC(c2nc(-c3cccc(Cl)c3)no2)C1. The van der Waals surface area contributed by atoms with Gasteiger partial charge >= 0.3 is 0 Å². The maximum Gasteiger partial charge on any atom is 0.243 e. The first-order chi connectivity index (χ1) is 12.0. The van der Waals surface area contributed by atoms with Gasteiger partial charge in [0.05, 0.1) is 10.8 Å². The van der Waals surface area contributed by atoms with Crippen molar-refractivity contribution in [2.45, 2.75) is 10.8 Å². The van der Waals surface area contributed by atoms with Gasteiger partial charge in [-0.3, -0.25) is 0 Å². The van der Waals surface area contributed by atoms with Gasteiger partial charge in [-0.05, 0) is 24.3 Å². The maximum absolute atomic E-state index is 12.5. The van der Waals surface area contributed by atoms with Crippen LogP contribution in [0.4, 0.5) is 0 Å². The van der Waals surface area contributed by atoms with Crippen LogP contribution in [-0.4, -0.2) is 36.0 Å². The Kier molecular flexibility index (Phi) is 4.07. The van der Waals surface area contributed by atoms with Gasteiger partial charge in [0, 0.05) is 23.7 Å². The lowest BCUT2D eigenvalue weighted by Crippen LogP contribution is -2.48. The first kappa shape index (κ1) is 16.3. The van der Waals surface area contributed by atoms with Gasteiger partial charge in [-0.25, -0.2) is 8.42 Å². The molecule has 1 aliphatic heterocycles. The molecule has 0 N–H and O–H groups in total. The van der Waals surface area contributed by atoms with Gasteiger partial charge in [-0.15, -0.1) is 0 Å². The van der Waals surface area contributed by atoms with E-state index in [1.54, 1.807) is 42.5 Å². The topological polar surface area (TPSA) is 76.3 Å². The predicted molar refractivity (Wildman–Crippen MR) is 92.7 cm³/mol. The molecule has 2 heterocycles. The van der Waals surface area contributed by atoms with Crippen molar-refractivity contribution in [3.63, 3.8) is 0 Å². The summed E-state index contributed by atoms with van der Waals surface area (Å²) in [6.07, 6.45) is 0. The van der Waals surface area contributed by atoms with Gasteiger partial charge in [0.15, 0.2) is 0 Å². The molecule has 1 saturated heterocycles. The first-order valence-corrected chi connectivity index (χ1v) is 9.50. The molecule has 1 aromatic heterocycles. The van der Waals surface area contributed by atoms with Crippen molar-refractivity contribution in [2.75, 3.05) is 13.1 Å². The summed E-state index contributed by atoms with van der Waals surface area (Å²) in [6, 6.07) is 15.6. The van der Waals surface area contributed by atoms with Crippen LogP contribution in [0, 0.1) is 0 Å². The van der Waals surface area contributed by atoms with E-state index in [4.69, 9.17) is 16.1 Å². The van der Waals surface area contributed by atoms with E-state index < -0.39 is 10.0 Å². The zero-order valence-corrected chi connectivity index (χ0v) is 14.6. The van der Waals surface area contributed by atoms with Gasteiger partial charge in [-0.2, -0.15) is 9.29 Å². The third kappa shape index (κ3) is 3.06. The Bertz CT molecular complexity index is 999. The van der Waals surface area contributed by atoms with Gasteiger partial charge in [0.25, 0.3) is 0 Å². The average Bonchev–Trinajstić information content (AvgIpc) is 3.04. The number of nitrogens with zero attached hydrogens (tertiary/aromatic N) is 3. The standard InChI is InChI=1S/C17H14ClN3O3S/c18-14-6-4-5-12(9-14)16-19-17(24-20-16)13-10-21(11-13)25(22,23)15-7-2-1-3-8-15/h1-9,13H,10-11H2. The molecule has 1 fully saturated rings. The number of hydrogen-bond acceptors (Lipinski definition) is 5. The van der Waals surface area contributed by atoms with Crippen LogP contribution in [0.15, 0.2) is 64.0 Å². The third-order valence-corrected chi connectivity index (χ3v) is 6.18. The Morgan fingerprint density at radius 1 is 1.08 bits per heavy atom. The fraction of sp³-hybridized carbons (Fsp3) is 0.176. The van der Waals surface area contributed by atoms with Crippen LogP contribution >= 0.6 is 11.6 Å². The lowest BCUT2D eigenvalue weighted by molar-refractivity contribution is 0.217. The Morgan fingerprint density at radius 2 is 1.84 bits per heavy atom. The Hall–Kier alpha value is -2.22. The molecule has 0 atom stereocenters. The summed E-state index contributed by atoms with van der Waals surface area (Å²) in [5.41, 5.74) is 0.760. The monoisotopic (exact) mass is 375 g/mol. The number of aromatic nitrogens is 2. The van der Waals surface area contributed by atoms with Crippen molar-refractivity contribution in [3.8, 4) is 11.4 Å². The van der Waals surface area contributed by atoms with Crippen LogP contribution in [0.1, 0.15) is 11.8 Å². The van der Waals surface area contributed by atoms with E-state index in [0.717, 1.165) is 5.56 Å². The van der Waals surface area contributed by atoms with Gasteiger partial charge in [0.2, 0.25) is 21.7 Å². The molecule has 4 rings (SSSR count). The quantitative estimate of drug-likeness (QED) is 0.700. The molecule has 0 spiro atoms. The molecule has 25 heavy (non-hydrogen) atoms. The highest BCUT2D eigenvalue weighted by Gasteiger charge is 2.40. The highest BCUT2D eigenvalue weighted by molar-refractivity contribution is 7.89. The summed E-state index contributed by atoms with van der Waals surface area (Å²) in [5.74, 6) is 0.787. The molecule has 1 aliphatic rings. The van der Waals surface area contributed by atoms with Crippen LogP contribution in [0.2, 0.25) is 5.02 Å². The molecule has 0 unspecified atom stereocenters. The van der Waals surface area contributed by atoms with Crippen molar-refractivity contribution in [3.05, 3.63) is 65.5 Å². The van der Waals surface area contributed by atoms with Crippen molar-refractivity contribution in [2.24, 2.45) is 0 Å². The molecule has 0 saturated carbocycles. The second-order valence-electron chi connectivity index (χ2n) is 5.80. The minimum Gasteiger partial charge on any atom is -0.339 e. The van der Waals surface area contributed by atoms with Crippen LogP contribution in [0.5, 0.6) is 0 Å². The fourth-order valence-electron chi connectivity index (χ4n) is 2.68. The third-order valence-electron chi connectivity index (χ3n) is 4.10. The van der Waals surface area contributed by atoms with Gasteiger partial charge in [0.1, 0.15) is 0 Å². The minimum atomic E-state index is -3.47. The number of benzene rings is 2. The summed E-state index contributed by atoms with van der Waals surface area (Å²) >= 11 is 5.97. The Balaban J connectivity index is 1.48. The van der Waals surface area contributed by atoms with Gasteiger partial charge in [-0.1, -0.05) is 47.1 Å². The van der Waals surface area contributed by atoms with E-state index in [9.17, 15) is 8.42 Å². The molecular weight excluding hydrogens is 362 g/mol. The molecular formula is C17H14ClN3O3S. The highest BCUT2D eigenvalue weighted by atomic mass is 35.5. The van der Waals surface area contributed by atoms with E-state index >= 15 is 0 Å². The molecule has 6 nitrogen and oxygen atoms in total. The van der Waals surface area contributed by atoms with E-state index in [1.807, 2.05) is 12.1 Å². The molecule has 0 aliphatic carbocycles. The van der Waals surface area contributed by atoms with Crippen molar-refractivity contribution >= 4 is 21.6 Å². The second kappa shape index (κ2) is 6.25. The molecule has 3 aromatic rings. The first-order valence-electron chi connectivity index (χ1n) is 7.69. The van der Waals surface area contributed by atoms with E-state index in [0.29, 0.717) is 34.7 Å². The summed E-state index contributed by atoms with van der Waals surface area (Å²) in [5, 5.41) is 4.55. The Morgan fingerprint density at radius 3 is 2.56 bits per heavy atom. The lowest BCUT2D eigenvalue weighted by atomic mass is 10.0. The normalized spacial score (nSPS) is 15.9. The smallest absolute Gasteiger partial charge is 0.243 e. The average molecular weight is 376 g/mol. The van der Waals surface area contributed by atoms with E-state index in [-0.39, 0.29) is 5.92 Å². The second-order valence-corrected chi connectivity index (χ2v) is 8.17. The van der Waals surface area contributed by atoms with Crippen LogP contribution < -0.4 is 0 Å². The number of hydrogen-bond donors (Lipinski definition) is 0. The number of rotatable bonds is 4. The van der Waals surface area contributed by atoms with Crippen molar-refractivity contribution < 1.29 is 12.9 Å². The molecule has 128 valence electrons. The fourth-order valence-corrected chi connectivity index (χ4v) is 4.42.